The molecule has 1 aliphatic heterocycles. The molecule has 1 aromatic heterocycles. The summed E-state index contributed by atoms with van der Waals surface area (Å²) in [7, 11) is 0. The number of aromatic amines is 1. The van der Waals surface area contributed by atoms with Crippen molar-refractivity contribution < 1.29 is 9.72 Å². The standard InChI is InChI=1S/C21H22N4O4S/c1-4-30-20-23-18-17(19(27)24-20)15(11-5-7-12(8-6-11)25(28)29)16-13(22-18)9-21(2,3)10-14(16)26/h5-8,15H,4,9-10H2,1-3H3,(H2,22,23,24,27)/t15-/m1/s1. The molecule has 0 bridgehead atoms. The molecule has 0 spiro atoms. The van der Waals surface area contributed by atoms with E-state index >= 15 is 0 Å². The van der Waals surface area contributed by atoms with Gasteiger partial charge < -0.3 is 10.3 Å². The summed E-state index contributed by atoms with van der Waals surface area (Å²) >= 11 is 1.43. The highest BCUT2D eigenvalue weighted by Gasteiger charge is 2.42. The third-order valence-corrected chi connectivity index (χ3v) is 6.17. The predicted molar refractivity (Wildman–Crippen MR) is 115 cm³/mol. The summed E-state index contributed by atoms with van der Waals surface area (Å²) in [6.07, 6.45) is 1.03. The topological polar surface area (TPSA) is 118 Å². The van der Waals surface area contributed by atoms with Crippen LogP contribution in [0, 0.1) is 15.5 Å². The molecule has 4 rings (SSSR count). The van der Waals surface area contributed by atoms with Gasteiger partial charge in [-0.2, -0.15) is 0 Å². The van der Waals surface area contributed by atoms with E-state index in [1.165, 1.54) is 23.9 Å². The van der Waals surface area contributed by atoms with Crippen molar-refractivity contribution in [1.29, 1.82) is 0 Å². The van der Waals surface area contributed by atoms with Gasteiger partial charge in [-0.15, -0.1) is 0 Å². The second-order valence-electron chi connectivity index (χ2n) is 8.31. The minimum Gasteiger partial charge on any atom is -0.343 e. The first-order chi connectivity index (χ1) is 14.2. The molecule has 0 fully saturated rings. The van der Waals surface area contributed by atoms with Crippen LogP contribution < -0.4 is 10.9 Å². The number of rotatable bonds is 4. The first-order valence-corrected chi connectivity index (χ1v) is 10.7. The molecule has 1 atom stereocenters. The first-order valence-electron chi connectivity index (χ1n) is 9.75. The highest BCUT2D eigenvalue weighted by Crippen LogP contribution is 2.47. The van der Waals surface area contributed by atoms with Gasteiger partial charge in [-0.05, 0) is 23.2 Å². The van der Waals surface area contributed by atoms with Crippen LogP contribution in [0.15, 0.2) is 45.5 Å². The number of ketones is 1. The number of allylic oxidation sites excluding steroid dienone is 2. The number of anilines is 1. The van der Waals surface area contributed by atoms with Crippen LogP contribution in [0.2, 0.25) is 0 Å². The number of carbonyl (C=O) groups is 1. The molecule has 2 N–H and O–H groups in total. The maximum atomic E-state index is 13.2. The number of hydrogen-bond donors (Lipinski definition) is 2. The number of Topliss-reactive ketones (excluding diaryl/α,β-unsaturated/α-hetero) is 1. The second kappa shape index (κ2) is 7.39. The van der Waals surface area contributed by atoms with Crippen LogP contribution in [0.5, 0.6) is 0 Å². The molecule has 8 nitrogen and oxygen atoms in total. The zero-order valence-corrected chi connectivity index (χ0v) is 17.8. The largest absolute Gasteiger partial charge is 0.343 e. The number of H-pyrrole nitrogens is 1. The summed E-state index contributed by atoms with van der Waals surface area (Å²) in [4.78, 5) is 44.2. The van der Waals surface area contributed by atoms with Crippen LogP contribution in [-0.4, -0.2) is 26.4 Å². The lowest BCUT2D eigenvalue weighted by Gasteiger charge is -2.38. The van der Waals surface area contributed by atoms with E-state index < -0.39 is 10.8 Å². The van der Waals surface area contributed by atoms with Crippen molar-refractivity contribution in [3.8, 4) is 0 Å². The Bertz CT molecular complexity index is 1130. The van der Waals surface area contributed by atoms with Gasteiger partial charge in [0.15, 0.2) is 10.9 Å². The average Bonchev–Trinajstić information content (AvgIpc) is 2.65. The number of hydrogen-bond acceptors (Lipinski definition) is 7. The van der Waals surface area contributed by atoms with Crippen LogP contribution in [-0.2, 0) is 4.79 Å². The maximum Gasteiger partial charge on any atom is 0.269 e. The summed E-state index contributed by atoms with van der Waals surface area (Å²) in [5, 5.41) is 14.8. The normalized spacial score (nSPS) is 19.7. The number of nitrogens with one attached hydrogen (secondary N) is 2. The molecule has 30 heavy (non-hydrogen) atoms. The third-order valence-electron chi connectivity index (χ3n) is 5.42. The first kappa shape index (κ1) is 20.3. The zero-order chi connectivity index (χ0) is 21.6. The molecule has 0 unspecified atom stereocenters. The van der Waals surface area contributed by atoms with Crippen LogP contribution in [0.4, 0.5) is 11.5 Å². The average molecular weight is 426 g/mol. The van der Waals surface area contributed by atoms with E-state index in [-0.39, 0.29) is 22.4 Å². The van der Waals surface area contributed by atoms with E-state index in [0.29, 0.717) is 40.5 Å². The van der Waals surface area contributed by atoms with Gasteiger partial charge in [0.25, 0.3) is 11.2 Å². The molecule has 0 saturated heterocycles. The monoisotopic (exact) mass is 426 g/mol. The minimum atomic E-state index is -0.613. The summed E-state index contributed by atoms with van der Waals surface area (Å²) < 4.78 is 0. The summed E-state index contributed by atoms with van der Waals surface area (Å²) in [6, 6.07) is 6.03. The van der Waals surface area contributed by atoms with Crippen LogP contribution in [0.1, 0.15) is 50.7 Å². The lowest BCUT2D eigenvalue weighted by Crippen LogP contribution is -2.37. The highest BCUT2D eigenvalue weighted by molar-refractivity contribution is 7.99. The number of benzene rings is 1. The lowest BCUT2D eigenvalue weighted by atomic mass is 9.69. The minimum absolute atomic E-state index is 0.0193. The zero-order valence-electron chi connectivity index (χ0n) is 16.9. The van der Waals surface area contributed by atoms with Crippen LogP contribution >= 0.6 is 11.8 Å². The molecule has 2 aliphatic rings. The van der Waals surface area contributed by atoms with Crippen LogP contribution in [0.3, 0.4) is 0 Å². The molecule has 0 saturated carbocycles. The third kappa shape index (κ3) is 3.54. The van der Waals surface area contributed by atoms with Crippen LogP contribution in [0.25, 0.3) is 0 Å². The number of non-ortho nitro benzene ring substituents is 1. The van der Waals surface area contributed by atoms with E-state index in [1.807, 2.05) is 20.8 Å². The molecule has 2 heterocycles. The van der Waals surface area contributed by atoms with Gasteiger partial charge >= 0.3 is 0 Å². The molecular formula is C21H22N4O4S. The number of nitro benzene ring substituents is 1. The molecule has 0 amide bonds. The Morgan fingerprint density at radius 3 is 2.57 bits per heavy atom. The Morgan fingerprint density at radius 1 is 1.23 bits per heavy atom. The Kier molecular flexibility index (Phi) is 5.01. The Hall–Kier alpha value is -2.94. The van der Waals surface area contributed by atoms with E-state index in [1.54, 1.807) is 12.1 Å². The maximum absolute atomic E-state index is 13.2. The molecule has 2 aromatic rings. The van der Waals surface area contributed by atoms with Crippen molar-refractivity contribution in [2.75, 3.05) is 11.1 Å². The van der Waals surface area contributed by atoms with E-state index in [2.05, 4.69) is 15.3 Å². The molecule has 156 valence electrons. The van der Waals surface area contributed by atoms with Gasteiger partial charge in [0, 0.05) is 35.7 Å². The Balaban J connectivity index is 1.93. The highest BCUT2D eigenvalue weighted by atomic mass is 32.2. The smallest absolute Gasteiger partial charge is 0.269 e. The molecule has 1 aliphatic carbocycles. The number of aromatic nitrogens is 2. The molecule has 9 heteroatoms. The lowest BCUT2D eigenvalue weighted by molar-refractivity contribution is -0.384. The second-order valence-corrected chi connectivity index (χ2v) is 9.56. The van der Waals surface area contributed by atoms with E-state index in [9.17, 15) is 19.7 Å². The van der Waals surface area contributed by atoms with Crippen molar-refractivity contribution in [3.05, 3.63) is 67.1 Å². The molecular weight excluding hydrogens is 404 g/mol. The van der Waals surface area contributed by atoms with Gasteiger partial charge in [0.2, 0.25) is 0 Å². The summed E-state index contributed by atoms with van der Waals surface area (Å²) in [5.41, 5.74) is 1.80. The quantitative estimate of drug-likeness (QED) is 0.328. The number of thioether (sulfide) groups is 1. The molecule has 0 radical (unpaired) electrons. The fraction of sp³-hybridized carbons (Fsp3) is 0.381. The summed E-state index contributed by atoms with van der Waals surface area (Å²) in [5.74, 6) is 0.571. The van der Waals surface area contributed by atoms with Crippen molar-refractivity contribution >= 4 is 29.1 Å². The van der Waals surface area contributed by atoms with Gasteiger partial charge in [-0.25, -0.2) is 4.98 Å². The Labute approximate surface area is 177 Å². The fourth-order valence-corrected chi connectivity index (χ4v) is 4.81. The van der Waals surface area contributed by atoms with Gasteiger partial charge in [0.05, 0.1) is 10.5 Å². The number of nitro groups is 1. The van der Waals surface area contributed by atoms with Crippen molar-refractivity contribution in [2.45, 2.75) is 44.7 Å². The number of carbonyl (C=O) groups excluding carboxylic acids is 1. The number of fused-ring (bicyclic) bond motifs is 1. The van der Waals surface area contributed by atoms with Gasteiger partial charge in [-0.3, -0.25) is 19.7 Å². The van der Waals surface area contributed by atoms with Crippen molar-refractivity contribution in [3.63, 3.8) is 0 Å². The number of nitrogens with zero attached hydrogens (tertiary/aromatic N) is 2. The van der Waals surface area contributed by atoms with E-state index in [0.717, 1.165) is 11.4 Å². The van der Waals surface area contributed by atoms with Crippen molar-refractivity contribution in [1.82, 2.24) is 9.97 Å². The predicted octanol–water partition coefficient (Wildman–Crippen LogP) is 3.99. The van der Waals surface area contributed by atoms with E-state index in [4.69, 9.17) is 0 Å². The van der Waals surface area contributed by atoms with Gasteiger partial charge in [0.1, 0.15) is 5.82 Å². The fourth-order valence-electron chi connectivity index (χ4n) is 4.22. The SMILES string of the molecule is CCSc1nc2c(c(=O)[nH]1)[C@H](c1ccc([N+](=O)[O-])cc1)C1=C(CC(C)(C)CC1=O)N2. The van der Waals surface area contributed by atoms with Crippen molar-refractivity contribution in [2.24, 2.45) is 5.41 Å². The Morgan fingerprint density at radius 2 is 1.93 bits per heavy atom. The molecule has 1 aromatic carbocycles. The van der Waals surface area contributed by atoms with Gasteiger partial charge in [-0.1, -0.05) is 44.7 Å². The summed E-state index contributed by atoms with van der Waals surface area (Å²) in [6.45, 7) is 6.05.